The van der Waals surface area contributed by atoms with Crippen LogP contribution >= 0.6 is 0 Å². The van der Waals surface area contributed by atoms with Crippen LogP contribution in [0.5, 0.6) is 0 Å². The van der Waals surface area contributed by atoms with E-state index in [-0.39, 0.29) is 11.6 Å². The summed E-state index contributed by atoms with van der Waals surface area (Å²) in [6.45, 7) is 12.1. The van der Waals surface area contributed by atoms with Crippen LogP contribution in [0.1, 0.15) is 105 Å². The minimum atomic E-state index is -0.0880. The van der Waals surface area contributed by atoms with Crippen LogP contribution in [0.25, 0.3) is 0 Å². The van der Waals surface area contributed by atoms with Gasteiger partial charge in [-0.3, -0.25) is 0 Å². The molecule has 4 rings (SSSR count). The molecule has 2 nitrogen and oxygen atoms in total. The fraction of sp³-hybridized carbons (Fsp3) is 0.926. The lowest BCUT2D eigenvalue weighted by molar-refractivity contribution is -0.0573. The van der Waals surface area contributed by atoms with Gasteiger partial charge in [0, 0.05) is 5.54 Å². The maximum absolute atomic E-state index is 10.2. The van der Waals surface area contributed by atoms with Crippen molar-refractivity contribution in [1.29, 1.82) is 0 Å². The largest absolute Gasteiger partial charge is 0.393 e. The van der Waals surface area contributed by atoms with Crippen LogP contribution < -0.4 is 5.73 Å². The van der Waals surface area contributed by atoms with E-state index in [4.69, 9.17) is 5.73 Å². The van der Waals surface area contributed by atoms with Crippen molar-refractivity contribution in [2.45, 2.75) is 117 Å². The van der Waals surface area contributed by atoms with Crippen LogP contribution in [0.2, 0.25) is 0 Å². The summed E-state index contributed by atoms with van der Waals surface area (Å²) in [4.78, 5) is 0. The highest BCUT2D eigenvalue weighted by atomic mass is 16.3. The molecule has 0 aromatic carbocycles. The predicted octanol–water partition coefficient (Wildman–Crippen LogP) is 6.47. The molecule has 2 heteroatoms. The van der Waals surface area contributed by atoms with Crippen molar-refractivity contribution in [3.63, 3.8) is 0 Å². The number of aliphatic hydroxyl groups is 1. The van der Waals surface area contributed by atoms with Crippen molar-refractivity contribution in [2.24, 2.45) is 46.2 Å². The predicted molar refractivity (Wildman–Crippen MR) is 122 cm³/mol. The molecule has 0 aromatic rings. The summed E-state index contributed by atoms with van der Waals surface area (Å²) in [5.41, 5.74) is 8.75. The zero-order valence-electron chi connectivity index (χ0n) is 19.8. The molecule has 8 atom stereocenters. The van der Waals surface area contributed by atoms with Gasteiger partial charge < -0.3 is 10.8 Å². The molecule has 0 unspecified atom stereocenters. The van der Waals surface area contributed by atoms with Gasteiger partial charge >= 0.3 is 0 Å². The van der Waals surface area contributed by atoms with Crippen molar-refractivity contribution >= 4 is 0 Å². The van der Waals surface area contributed by atoms with Gasteiger partial charge in [-0.25, -0.2) is 0 Å². The summed E-state index contributed by atoms with van der Waals surface area (Å²) in [5.74, 6) is 4.40. The zero-order valence-corrected chi connectivity index (χ0v) is 19.8. The minimum absolute atomic E-state index is 0.0188. The highest BCUT2D eigenvalue weighted by Crippen LogP contribution is 2.67. The standard InChI is InChI=1S/C27H47NO/c1-18(7-6-14-25(2,3)28)22-10-11-23-21-9-8-19-17-20(29)12-15-26(19,4)24(21)13-16-27(22,23)5/h8,18,20-24,29H,6-7,9-17,28H2,1-5H3/t18-,20+,21+,22-,23+,24+,26+,27-/m1/s1. The number of nitrogens with two attached hydrogens (primary N) is 1. The Hall–Kier alpha value is -0.340. The lowest BCUT2D eigenvalue weighted by Gasteiger charge is -2.58. The van der Waals surface area contributed by atoms with Crippen LogP contribution in [-0.2, 0) is 0 Å². The van der Waals surface area contributed by atoms with E-state index in [2.05, 4.69) is 40.7 Å². The fourth-order valence-corrected chi connectivity index (χ4v) is 8.70. The molecular formula is C27H47NO. The molecule has 3 fully saturated rings. The lowest BCUT2D eigenvalue weighted by atomic mass is 9.47. The molecule has 0 heterocycles. The second-order valence-corrected chi connectivity index (χ2v) is 12.7. The molecule has 3 N–H and O–H groups in total. The van der Waals surface area contributed by atoms with Gasteiger partial charge in [0.1, 0.15) is 0 Å². The van der Waals surface area contributed by atoms with Gasteiger partial charge in [0.15, 0.2) is 0 Å². The molecule has 0 bridgehead atoms. The highest BCUT2D eigenvalue weighted by molar-refractivity contribution is 5.25. The third-order valence-corrected chi connectivity index (χ3v) is 10.3. The first-order chi connectivity index (χ1) is 13.5. The molecule has 0 spiro atoms. The Morgan fingerprint density at radius 3 is 2.62 bits per heavy atom. The fourth-order valence-electron chi connectivity index (χ4n) is 8.70. The van der Waals surface area contributed by atoms with Crippen LogP contribution in [0.3, 0.4) is 0 Å². The highest BCUT2D eigenvalue weighted by Gasteiger charge is 2.59. The molecule has 0 amide bonds. The third-order valence-electron chi connectivity index (χ3n) is 10.3. The molecule has 4 aliphatic rings. The van der Waals surface area contributed by atoms with E-state index in [1.807, 2.05) is 0 Å². The Morgan fingerprint density at radius 2 is 1.90 bits per heavy atom. The van der Waals surface area contributed by atoms with E-state index in [0.717, 1.165) is 48.9 Å². The molecule has 3 saturated carbocycles. The normalized spacial score (nSPS) is 45.8. The first-order valence-electron chi connectivity index (χ1n) is 12.7. The van der Waals surface area contributed by atoms with Crippen molar-refractivity contribution in [1.82, 2.24) is 0 Å². The maximum Gasteiger partial charge on any atom is 0.0577 e. The van der Waals surface area contributed by atoms with Crippen molar-refractivity contribution < 1.29 is 5.11 Å². The summed E-state index contributed by atoms with van der Waals surface area (Å²) in [6, 6.07) is 0. The average Bonchev–Trinajstić information content (AvgIpc) is 2.98. The van der Waals surface area contributed by atoms with Crippen LogP contribution in [-0.4, -0.2) is 16.7 Å². The van der Waals surface area contributed by atoms with Gasteiger partial charge in [-0.2, -0.15) is 0 Å². The number of allylic oxidation sites excluding steroid dienone is 1. The summed E-state index contributed by atoms with van der Waals surface area (Å²) >= 11 is 0. The van der Waals surface area contributed by atoms with Crippen molar-refractivity contribution in [3.05, 3.63) is 11.6 Å². The molecule has 0 saturated heterocycles. The van der Waals surface area contributed by atoms with E-state index in [1.54, 1.807) is 5.57 Å². The average molecular weight is 402 g/mol. The van der Waals surface area contributed by atoms with Gasteiger partial charge in [0.2, 0.25) is 0 Å². The molecule has 0 aromatic heterocycles. The monoisotopic (exact) mass is 401 g/mol. The second kappa shape index (κ2) is 7.66. The number of fused-ring (bicyclic) bond motifs is 5. The first-order valence-corrected chi connectivity index (χ1v) is 12.7. The van der Waals surface area contributed by atoms with Crippen LogP contribution in [0.15, 0.2) is 11.6 Å². The molecule has 29 heavy (non-hydrogen) atoms. The lowest BCUT2D eigenvalue weighted by Crippen LogP contribution is -2.50. The Morgan fingerprint density at radius 1 is 1.14 bits per heavy atom. The van der Waals surface area contributed by atoms with E-state index in [0.29, 0.717) is 10.8 Å². The Balaban J connectivity index is 1.47. The summed E-state index contributed by atoms with van der Waals surface area (Å²) in [5, 5.41) is 10.2. The SMILES string of the molecule is C[C@H](CCCC(C)(C)N)[C@H]1CC[C@H]2[C@@H]3CC=C4C[C@@H](O)CC[C@]4(C)[C@H]3CC[C@]12C. The molecule has 0 aliphatic heterocycles. The molecule has 0 radical (unpaired) electrons. The van der Waals surface area contributed by atoms with E-state index >= 15 is 0 Å². The zero-order chi connectivity index (χ0) is 21.0. The second-order valence-electron chi connectivity index (χ2n) is 12.7. The maximum atomic E-state index is 10.2. The van der Waals surface area contributed by atoms with Gasteiger partial charge in [0.25, 0.3) is 0 Å². The van der Waals surface area contributed by atoms with Crippen LogP contribution in [0.4, 0.5) is 0 Å². The third kappa shape index (κ3) is 3.86. The summed E-state index contributed by atoms with van der Waals surface area (Å²) < 4.78 is 0. The topological polar surface area (TPSA) is 46.2 Å². The van der Waals surface area contributed by atoms with E-state index < -0.39 is 0 Å². The number of hydrogen-bond donors (Lipinski definition) is 2. The van der Waals surface area contributed by atoms with Gasteiger partial charge in [-0.05, 0) is 112 Å². The van der Waals surface area contributed by atoms with Gasteiger partial charge in [0.05, 0.1) is 6.10 Å². The summed E-state index contributed by atoms with van der Waals surface area (Å²) in [7, 11) is 0. The molecular weight excluding hydrogens is 354 g/mol. The van der Waals surface area contributed by atoms with Gasteiger partial charge in [-0.15, -0.1) is 0 Å². The Bertz CT molecular complexity index is 633. The number of aliphatic hydroxyl groups excluding tert-OH is 1. The number of hydrogen-bond acceptors (Lipinski definition) is 2. The molecule has 166 valence electrons. The Kier molecular flexibility index (Phi) is 5.78. The minimum Gasteiger partial charge on any atom is -0.393 e. The smallest absolute Gasteiger partial charge is 0.0577 e. The quantitative estimate of drug-likeness (QED) is 0.519. The first kappa shape index (κ1) is 21.9. The van der Waals surface area contributed by atoms with Crippen LogP contribution in [0, 0.1) is 40.4 Å². The van der Waals surface area contributed by atoms with E-state index in [9.17, 15) is 5.11 Å². The van der Waals surface area contributed by atoms with E-state index in [1.165, 1.54) is 51.4 Å². The van der Waals surface area contributed by atoms with Crippen molar-refractivity contribution in [2.75, 3.05) is 0 Å². The van der Waals surface area contributed by atoms with Crippen molar-refractivity contribution in [3.8, 4) is 0 Å². The number of rotatable bonds is 5. The van der Waals surface area contributed by atoms with Gasteiger partial charge in [-0.1, -0.05) is 45.3 Å². The molecule has 4 aliphatic carbocycles. The summed E-state index contributed by atoms with van der Waals surface area (Å²) in [6.07, 6.45) is 16.5. The Labute approximate surface area is 180 Å².